The van der Waals surface area contributed by atoms with Crippen molar-refractivity contribution in [1.82, 2.24) is 9.73 Å². The van der Waals surface area contributed by atoms with Gasteiger partial charge in [0, 0.05) is 6.04 Å². The summed E-state index contributed by atoms with van der Waals surface area (Å²) in [4.78, 5) is 12.7. The smallest absolute Gasteiger partial charge is 0.255 e. The van der Waals surface area contributed by atoms with Crippen molar-refractivity contribution in [3.63, 3.8) is 0 Å². The fourth-order valence-electron chi connectivity index (χ4n) is 4.16. The number of ether oxygens (including phenoxy) is 1. The van der Waals surface area contributed by atoms with E-state index < -0.39 is 21.7 Å². The maximum absolute atomic E-state index is 13.4. The number of carbonyl (C=O) groups excluding carboxylic acids is 1. The van der Waals surface area contributed by atoms with Crippen LogP contribution in [0.5, 0.6) is 11.5 Å². The molecule has 3 aromatic rings. The molecule has 0 bridgehead atoms. The van der Waals surface area contributed by atoms with Gasteiger partial charge in [0.1, 0.15) is 17.3 Å². The van der Waals surface area contributed by atoms with Gasteiger partial charge < -0.3 is 4.74 Å². The number of nitrogens with zero attached hydrogens (tertiary/aromatic N) is 2. The maximum Gasteiger partial charge on any atom is 0.255 e. The third kappa shape index (κ3) is 6.77. The fourth-order valence-corrected chi connectivity index (χ4v) is 5.80. The van der Waals surface area contributed by atoms with Gasteiger partial charge in [0.25, 0.3) is 5.91 Å². The highest BCUT2D eigenvalue weighted by atomic mass is 32.2. The Bertz CT molecular complexity index is 1290. The summed E-state index contributed by atoms with van der Waals surface area (Å²) in [5.41, 5.74) is 3.13. The molecule has 0 aromatic heterocycles. The summed E-state index contributed by atoms with van der Waals surface area (Å²) in [6.07, 6.45) is 5.62. The molecule has 0 unspecified atom stereocenters. The molecule has 0 heterocycles. The van der Waals surface area contributed by atoms with Gasteiger partial charge in [0.2, 0.25) is 10.0 Å². The Labute approximate surface area is 210 Å². The van der Waals surface area contributed by atoms with Gasteiger partial charge in [-0.2, -0.15) is 9.41 Å². The molecule has 188 valence electrons. The van der Waals surface area contributed by atoms with E-state index in [4.69, 9.17) is 4.74 Å². The number of rotatable bonds is 9. The number of para-hydroxylation sites is 1. The van der Waals surface area contributed by atoms with E-state index >= 15 is 0 Å². The number of hydrazone groups is 1. The van der Waals surface area contributed by atoms with Crippen molar-refractivity contribution in [2.75, 3.05) is 6.54 Å². The Morgan fingerprint density at radius 2 is 1.67 bits per heavy atom. The predicted octanol–water partition coefficient (Wildman–Crippen LogP) is 5.09. The van der Waals surface area contributed by atoms with E-state index in [1.54, 1.807) is 12.1 Å². The normalized spacial score (nSPS) is 14.7. The van der Waals surface area contributed by atoms with Gasteiger partial charge in [0.05, 0.1) is 17.7 Å². The van der Waals surface area contributed by atoms with Crippen LogP contribution in [0.1, 0.15) is 37.7 Å². The molecule has 0 atom stereocenters. The summed E-state index contributed by atoms with van der Waals surface area (Å²) >= 11 is 0. The third-order valence-electron chi connectivity index (χ3n) is 5.94. The van der Waals surface area contributed by atoms with Crippen LogP contribution >= 0.6 is 0 Å². The maximum atomic E-state index is 13.4. The molecule has 1 N–H and O–H groups in total. The van der Waals surface area contributed by atoms with Gasteiger partial charge in [-0.1, -0.05) is 49.6 Å². The lowest BCUT2D eigenvalue weighted by Gasteiger charge is -2.32. The highest BCUT2D eigenvalue weighted by molar-refractivity contribution is 7.89. The molecule has 0 spiro atoms. The molecule has 1 amide bonds. The second kappa shape index (κ2) is 11.9. The van der Waals surface area contributed by atoms with Crippen LogP contribution in [0, 0.1) is 5.82 Å². The number of carbonyl (C=O) groups is 1. The van der Waals surface area contributed by atoms with Crippen LogP contribution < -0.4 is 10.2 Å². The van der Waals surface area contributed by atoms with E-state index in [2.05, 4.69) is 10.5 Å². The van der Waals surface area contributed by atoms with Crippen LogP contribution in [0.25, 0.3) is 0 Å². The van der Waals surface area contributed by atoms with Crippen LogP contribution in [0.15, 0.2) is 88.9 Å². The van der Waals surface area contributed by atoms with Crippen molar-refractivity contribution in [3.8, 4) is 11.5 Å². The zero-order valence-corrected chi connectivity index (χ0v) is 20.5. The van der Waals surface area contributed by atoms with E-state index in [1.165, 1.54) is 22.7 Å². The molecule has 3 aromatic carbocycles. The zero-order chi connectivity index (χ0) is 25.4. The second-order valence-corrected chi connectivity index (χ2v) is 10.5. The quantitative estimate of drug-likeness (QED) is 0.321. The molecule has 0 radical (unpaired) electrons. The zero-order valence-electron chi connectivity index (χ0n) is 19.7. The molecule has 4 rings (SSSR count). The van der Waals surface area contributed by atoms with E-state index in [9.17, 15) is 17.6 Å². The first-order valence-corrected chi connectivity index (χ1v) is 13.3. The standard InChI is InChI=1S/C27H28FN3O4S/c28-22-14-16-26(17-15-22)36(33,34)31(23-9-3-1-4-10-23)20-27(32)30-29-19-21-8-7-13-25(18-21)35-24-11-5-2-6-12-24/h2,5-8,11-19,23H,1,3-4,9-10,20H2,(H,30,32)/b29-19-. The van der Waals surface area contributed by atoms with Gasteiger partial charge in [-0.3, -0.25) is 4.79 Å². The summed E-state index contributed by atoms with van der Waals surface area (Å²) in [5, 5.41) is 4.00. The van der Waals surface area contributed by atoms with E-state index in [1.807, 2.05) is 42.5 Å². The van der Waals surface area contributed by atoms with Crippen molar-refractivity contribution in [2.24, 2.45) is 5.10 Å². The van der Waals surface area contributed by atoms with E-state index in [0.29, 0.717) is 29.9 Å². The Morgan fingerprint density at radius 3 is 2.39 bits per heavy atom. The summed E-state index contributed by atoms with van der Waals surface area (Å²) < 4.78 is 47.1. The topological polar surface area (TPSA) is 88.1 Å². The van der Waals surface area contributed by atoms with Crippen molar-refractivity contribution in [1.29, 1.82) is 0 Å². The third-order valence-corrected chi connectivity index (χ3v) is 7.85. The first-order valence-electron chi connectivity index (χ1n) is 11.8. The van der Waals surface area contributed by atoms with Crippen LogP contribution in [-0.2, 0) is 14.8 Å². The van der Waals surface area contributed by atoms with Crippen molar-refractivity contribution in [3.05, 3.63) is 90.2 Å². The van der Waals surface area contributed by atoms with Crippen LogP contribution in [-0.4, -0.2) is 37.4 Å². The van der Waals surface area contributed by atoms with Crippen molar-refractivity contribution < 1.29 is 22.3 Å². The number of halogens is 1. The Balaban J connectivity index is 1.43. The minimum atomic E-state index is -3.99. The van der Waals surface area contributed by atoms with Gasteiger partial charge >= 0.3 is 0 Å². The van der Waals surface area contributed by atoms with E-state index in [0.717, 1.165) is 31.4 Å². The lowest BCUT2D eigenvalue weighted by Crippen LogP contribution is -2.46. The number of nitrogens with one attached hydrogen (secondary N) is 1. The molecule has 1 aliphatic rings. The number of sulfonamides is 1. The first-order chi connectivity index (χ1) is 17.4. The Morgan fingerprint density at radius 1 is 0.972 bits per heavy atom. The Kier molecular flexibility index (Phi) is 8.45. The van der Waals surface area contributed by atoms with Gasteiger partial charge in [0.15, 0.2) is 0 Å². The van der Waals surface area contributed by atoms with Gasteiger partial charge in [-0.15, -0.1) is 0 Å². The molecule has 7 nitrogen and oxygen atoms in total. The van der Waals surface area contributed by atoms with Gasteiger partial charge in [-0.25, -0.2) is 18.2 Å². The van der Waals surface area contributed by atoms with Crippen LogP contribution in [0.2, 0.25) is 0 Å². The van der Waals surface area contributed by atoms with Crippen LogP contribution in [0.4, 0.5) is 4.39 Å². The molecular formula is C27H28FN3O4S. The fraction of sp³-hybridized carbons (Fsp3) is 0.259. The average molecular weight is 510 g/mol. The molecule has 1 aliphatic carbocycles. The van der Waals surface area contributed by atoms with Crippen molar-refractivity contribution in [2.45, 2.75) is 43.0 Å². The molecule has 0 aliphatic heterocycles. The molecule has 1 fully saturated rings. The lowest BCUT2D eigenvalue weighted by atomic mass is 9.95. The monoisotopic (exact) mass is 509 g/mol. The summed E-state index contributed by atoms with van der Waals surface area (Å²) in [5.74, 6) is 0.234. The summed E-state index contributed by atoms with van der Waals surface area (Å²) in [6.45, 7) is -0.376. The molecule has 9 heteroatoms. The predicted molar refractivity (Wildman–Crippen MR) is 136 cm³/mol. The molecular weight excluding hydrogens is 481 g/mol. The second-order valence-electron chi connectivity index (χ2n) is 8.58. The van der Waals surface area contributed by atoms with Crippen LogP contribution in [0.3, 0.4) is 0 Å². The SMILES string of the molecule is O=C(CN(C1CCCCC1)S(=O)(=O)c1ccc(F)cc1)N/N=C\c1cccc(Oc2ccccc2)c1. The van der Waals surface area contributed by atoms with E-state index in [-0.39, 0.29) is 17.5 Å². The summed E-state index contributed by atoms with van der Waals surface area (Å²) in [6, 6.07) is 20.9. The van der Waals surface area contributed by atoms with Crippen molar-refractivity contribution >= 4 is 22.1 Å². The number of hydrogen-bond donors (Lipinski definition) is 1. The first kappa shape index (κ1) is 25.5. The van der Waals surface area contributed by atoms with Gasteiger partial charge in [-0.05, 0) is 66.9 Å². The number of amides is 1. The minimum absolute atomic E-state index is 0.0407. The molecule has 1 saturated carbocycles. The lowest BCUT2D eigenvalue weighted by molar-refractivity contribution is -0.121. The number of hydrogen-bond acceptors (Lipinski definition) is 5. The highest BCUT2D eigenvalue weighted by Crippen LogP contribution is 2.28. The Hall–Kier alpha value is -3.56. The minimum Gasteiger partial charge on any atom is -0.457 e. The summed E-state index contributed by atoms with van der Waals surface area (Å²) in [7, 11) is -3.99. The largest absolute Gasteiger partial charge is 0.457 e. The highest BCUT2D eigenvalue weighted by Gasteiger charge is 2.34. The number of benzene rings is 3. The molecule has 0 saturated heterocycles. The average Bonchev–Trinajstić information content (AvgIpc) is 2.89. The molecule has 36 heavy (non-hydrogen) atoms.